The number of halogens is 1. The Morgan fingerprint density at radius 3 is 2.55 bits per heavy atom. The first-order valence-electron chi connectivity index (χ1n) is 6.02. The summed E-state index contributed by atoms with van der Waals surface area (Å²) in [4.78, 5) is 23.7. The van der Waals surface area contributed by atoms with Crippen molar-refractivity contribution in [2.24, 2.45) is 7.05 Å². The van der Waals surface area contributed by atoms with Gasteiger partial charge in [0.2, 0.25) is 11.7 Å². The van der Waals surface area contributed by atoms with Crippen LogP contribution < -0.4 is 5.32 Å². The number of hydrogen-bond donors (Lipinski definition) is 1. The van der Waals surface area contributed by atoms with Crippen molar-refractivity contribution in [3.63, 3.8) is 0 Å². The van der Waals surface area contributed by atoms with E-state index < -0.39 is 11.6 Å². The highest BCUT2D eigenvalue weighted by atomic mass is 19.1. The van der Waals surface area contributed by atoms with E-state index in [1.807, 2.05) is 0 Å². The molecule has 0 atom stereocenters. The quantitative estimate of drug-likeness (QED) is 0.872. The second-order valence-electron chi connectivity index (χ2n) is 4.42. The Bertz CT molecular complexity index is 692. The van der Waals surface area contributed by atoms with E-state index >= 15 is 0 Å². The first-order chi connectivity index (χ1) is 9.41. The van der Waals surface area contributed by atoms with E-state index in [-0.39, 0.29) is 22.9 Å². The Balaban J connectivity index is 2.55. The van der Waals surface area contributed by atoms with E-state index in [1.165, 1.54) is 29.8 Å². The minimum Gasteiger partial charge on any atom is -0.311 e. The minimum atomic E-state index is -0.602. The van der Waals surface area contributed by atoms with Crippen molar-refractivity contribution in [3.05, 3.63) is 46.9 Å². The van der Waals surface area contributed by atoms with Gasteiger partial charge in [0.1, 0.15) is 11.6 Å². The minimum absolute atomic E-state index is 0.0461. The number of nitrogens with zero attached hydrogens (tertiary/aromatic N) is 2. The van der Waals surface area contributed by atoms with Gasteiger partial charge < -0.3 is 5.32 Å². The van der Waals surface area contributed by atoms with Gasteiger partial charge in [-0.2, -0.15) is 5.10 Å². The van der Waals surface area contributed by atoms with Gasteiger partial charge in [-0.3, -0.25) is 14.3 Å². The molecular formula is C14H14FN3O2. The highest BCUT2D eigenvalue weighted by Gasteiger charge is 2.24. The number of hydrogen-bond acceptors (Lipinski definition) is 3. The maximum Gasteiger partial charge on any atom is 0.222 e. The molecule has 0 fully saturated rings. The third-order valence-corrected chi connectivity index (χ3v) is 2.86. The van der Waals surface area contributed by atoms with Crippen LogP contribution in [-0.2, 0) is 11.8 Å². The Morgan fingerprint density at radius 1 is 1.30 bits per heavy atom. The molecule has 1 amide bonds. The zero-order chi connectivity index (χ0) is 14.9. The zero-order valence-corrected chi connectivity index (χ0v) is 11.4. The lowest BCUT2D eigenvalue weighted by Gasteiger charge is -2.07. The average molecular weight is 275 g/mol. The molecule has 1 heterocycles. The molecule has 1 aromatic carbocycles. The average Bonchev–Trinajstić information content (AvgIpc) is 2.63. The molecular weight excluding hydrogens is 261 g/mol. The van der Waals surface area contributed by atoms with Crippen molar-refractivity contribution in [1.29, 1.82) is 0 Å². The van der Waals surface area contributed by atoms with Gasteiger partial charge >= 0.3 is 0 Å². The molecule has 5 nitrogen and oxygen atoms in total. The van der Waals surface area contributed by atoms with Crippen LogP contribution >= 0.6 is 0 Å². The lowest BCUT2D eigenvalue weighted by atomic mass is 10.0. The van der Waals surface area contributed by atoms with E-state index in [4.69, 9.17) is 0 Å². The lowest BCUT2D eigenvalue weighted by molar-refractivity contribution is -0.114. The normalized spacial score (nSPS) is 10.4. The van der Waals surface area contributed by atoms with Gasteiger partial charge in [0.15, 0.2) is 0 Å². The molecule has 0 spiro atoms. The van der Waals surface area contributed by atoms with Crippen LogP contribution in [0.2, 0.25) is 0 Å². The van der Waals surface area contributed by atoms with Gasteiger partial charge in [-0.05, 0) is 19.1 Å². The summed E-state index contributed by atoms with van der Waals surface area (Å²) in [5, 5.41) is 6.65. The van der Waals surface area contributed by atoms with Crippen molar-refractivity contribution in [2.75, 3.05) is 5.32 Å². The summed E-state index contributed by atoms with van der Waals surface area (Å²) < 4.78 is 15.1. The maximum absolute atomic E-state index is 13.7. The molecule has 6 heteroatoms. The highest BCUT2D eigenvalue weighted by Crippen LogP contribution is 2.23. The van der Waals surface area contributed by atoms with E-state index in [0.29, 0.717) is 5.69 Å². The molecule has 104 valence electrons. The molecule has 20 heavy (non-hydrogen) atoms. The van der Waals surface area contributed by atoms with Crippen LogP contribution in [0.1, 0.15) is 28.5 Å². The molecule has 0 unspecified atom stereocenters. The molecule has 0 radical (unpaired) electrons. The van der Waals surface area contributed by atoms with Crippen LogP contribution in [0.15, 0.2) is 24.3 Å². The number of ketones is 1. The number of amides is 1. The first kappa shape index (κ1) is 13.9. The molecule has 0 aliphatic heterocycles. The first-order valence-corrected chi connectivity index (χ1v) is 6.02. The fraction of sp³-hybridized carbons (Fsp3) is 0.214. The molecule has 2 aromatic rings. The molecule has 2 rings (SSSR count). The van der Waals surface area contributed by atoms with Gasteiger partial charge in [-0.1, -0.05) is 12.1 Å². The molecule has 0 saturated heterocycles. The summed E-state index contributed by atoms with van der Waals surface area (Å²) in [7, 11) is 1.61. The predicted octanol–water partition coefficient (Wildman–Crippen LogP) is 2.06. The number of aryl methyl sites for hydroxylation is 2. The van der Waals surface area contributed by atoms with Crippen molar-refractivity contribution >= 4 is 17.5 Å². The number of carbonyl (C=O) groups is 2. The van der Waals surface area contributed by atoms with Gasteiger partial charge in [0, 0.05) is 14.0 Å². The van der Waals surface area contributed by atoms with Crippen LogP contribution in [0.3, 0.4) is 0 Å². The van der Waals surface area contributed by atoms with Gasteiger partial charge in [0.05, 0.1) is 16.8 Å². The van der Waals surface area contributed by atoms with Crippen LogP contribution in [0.5, 0.6) is 0 Å². The topological polar surface area (TPSA) is 64.0 Å². The number of nitrogens with one attached hydrogen (secondary N) is 1. The number of benzene rings is 1. The molecule has 0 saturated carbocycles. The van der Waals surface area contributed by atoms with Crippen molar-refractivity contribution in [1.82, 2.24) is 9.78 Å². The van der Waals surface area contributed by atoms with Crippen LogP contribution in [-0.4, -0.2) is 21.5 Å². The van der Waals surface area contributed by atoms with Gasteiger partial charge in [-0.25, -0.2) is 4.39 Å². The highest BCUT2D eigenvalue weighted by molar-refractivity contribution is 6.14. The number of anilines is 1. The van der Waals surface area contributed by atoms with Crippen LogP contribution in [0.25, 0.3) is 0 Å². The molecule has 1 N–H and O–H groups in total. The number of rotatable bonds is 3. The fourth-order valence-electron chi connectivity index (χ4n) is 2.02. The zero-order valence-electron chi connectivity index (χ0n) is 11.4. The summed E-state index contributed by atoms with van der Waals surface area (Å²) in [6.45, 7) is 2.97. The summed E-state index contributed by atoms with van der Waals surface area (Å²) in [6.07, 6.45) is 0. The van der Waals surface area contributed by atoms with Gasteiger partial charge in [-0.15, -0.1) is 0 Å². The number of carbonyl (C=O) groups excluding carboxylic acids is 2. The van der Waals surface area contributed by atoms with Crippen molar-refractivity contribution in [3.8, 4) is 0 Å². The van der Waals surface area contributed by atoms with E-state index in [1.54, 1.807) is 20.0 Å². The second kappa shape index (κ2) is 5.24. The molecule has 0 bridgehead atoms. The molecule has 1 aromatic heterocycles. The third kappa shape index (κ3) is 2.45. The van der Waals surface area contributed by atoms with Crippen molar-refractivity contribution in [2.45, 2.75) is 13.8 Å². The Hall–Kier alpha value is -2.50. The Morgan fingerprint density at radius 2 is 1.95 bits per heavy atom. The predicted molar refractivity (Wildman–Crippen MR) is 72.1 cm³/mol. The largest absolute Gasteiger partial charge is 0.311 e. The summed E-state index contributed by atoms with van der Waals surface area (Å²) in [6, 6.07) is 5.72. The fourth-order valence-corrected chi connectivity index (χ4v) is 2.02. The molecule has 0 aliphatic carbocycles. The summed E-state index contributed by atoms with van der Waals surface area (Å²) in [5.41, 5.74) is 0.590. The van der Waals surface area contributed by atoms with E-state index in [9.17, 15) is 14.0 Å². The van der Waals surface area contributed by atoms with Crippen LogP contribution in [0.4, 0.5) is 10.2 Å². The Labute approximate surface area is 115 Å². The third-order valence-electron chi connectivity index (χ3n) is 2.86. The maximum atomic E-state index is 13.7. The summed E-state index contributed by atoms with van der Waals surface area (Å²) >= 11 is 0. The monoisotopic (exact) mass is 275 g/mol. The lowest BCUT2D eigenvalue weighted by Crippen LogP contribution is -2.14. The van der Waals surface area contributed by atoms with Gasteiger partial charge in [0.25, 0.3) is 0 Å². The standard InChI is InChI=1S/C14H14FN3O2/c1-8-12(14(16-9(2)19)18(3)17-8)13(20)10-6-4-5-7-11(10)15/h4-7H,1-3H3,(H,16,19). The van der Waals surface area contributed by atoms with Crippen LogP contribution in [0, 0.1) is 12.7 Å². The molecule has 0 aliphatic rings. The summed E-state index contributed by atoms with van der Waals surface area (Å²) in [5.74, 6) is -1.16. The van der Waals surface area contributed by atoms with E-state index in [0.717, 1.165) is 0 Å². The Kier molecular flexibility index (Phi) is 3.65. The van der Waals surface area contributed by atoms with Crippen molar-refractivity contribution < 1.29 is 14.0 Å². The van der Waals surface area contributed by atoms with E-state index in [2.05, 4.69) is 10.4 Å². The smallest absolute Gasteiger partial charge is 0.222 e. The second-order valence-corrected chi connectivity index (χ2v) is 4.42. The number of aromatic nitrogens is 2. The SMILES string of the molecule is CC(=O)Nc1c(C(=O)c2ccccc2F)c(C)nn1C.